The molecule has 0 saturated heterocycles. The Labute approximate surface area is 97.5 Å². The van der Waals surface area contributed by atoms with Gasteiger partial charge >= 0.3 is 0 Å². The standard InChI is InChI=1S/C13H9N3O/c17-15-12-4-1-10(2-5-12)11-3-6-13-14-7-8-16(13)9-11/h1-9H. The molecule has 0 N–H and O–H groups in total. The molecule has 2 heterocycles. The first-order valence-corrected chi connectivity index (χ1v) is 5.23. The van der Waals surface area contributed by atoms with Crippen molar-refractivity contribution in [2.75, 3.05) is 0 Å². The van der Waals surface area contributed by atoms with Gasteiger partial charge in [0.1, 0.15) is 11.3 Å². The lowest BCUT2D eigenvalue weighted by molar-refractivity contribution is 1.19. The van der Waals surface area contributed by atoms with E-state index < -0.39 is 0 Å². The van der Waals surface area contributed by atoms with Gasteiger partial charge in [-0.3, -0.25) is 0 Å². The predicted octanol–water partition coefficient (Wildman–Crippen LogP) is 3.40. The average Bonchev–Trinajstić information content (AvgIpc) is 2.86. The van der Waals surface area contributed by atoms with E-state index in [-0.39, 0.29) is 0 Å². The zero-order valence-electron chi connectivity index (χ0n) is 8.95. The quantitative estimate of drug-likeness (QED) is 0.625. The Balaban J connectivity index is 2.09. The molecule has 0 aliphatic heterocycles. The molecule has 4 nitrogen and oxygen atoms in total. The summed E-state index contributed by atoms with van der Waals surface area (Å²) in [6.45, 7) is 0. The maximum Gasteiger partial charge on any atom is 0.136 e. The zero-order valence-corrected chi connectivity index (χ0v) is 8.95. The molecule has 0 radical (unpaired) electrons. The average molecular weight is 223 g/mol. The van der Waals surface area contributed by atoms with Crippen LogP contribution < -0.4 is 0 Å². The third kappa shape index (κ3) is 1.69. The molecule has 3 aromatic rings. The Kier molecular flexibility index (Phi) is 2.19. The van der Waals surface area contributed by atoms with Gasteiger partial charge in [-0.05, 0) is 40.6 Å². The molecule has 4 heteroatoms. The molecule has 2 aromatic heterocycles. The van der Waals surface area contributed by atoms with Crippen LogP contribution in [0.25, 0.3) is 16.8 Å². The molecule has 0 aliphatic carbocycles. The van der Waals surface area contributed by atoms with Gasteiger partial charge < -0.3 is 4.40 Å². The van der Waals surface area contributed by atoms with Crippen LogP contribution in [0.2, 0.25) is 0 Å². The maximum absolute atomic E-state index is 10.3. The van der Waals surface area contributed by atoms with Crippen molar-refractivity contribution in [2.24, 2.45) is 5.18 Å². The number of hydrogen-bond acceptors (Lipinski definition) is 3. The summed E-state index contributed by atoms with van der Waals surface area (Å²) in [6.07, 6.45) is 5.67. The van der Waals surface area contributed by atoms with E-state index in [4.69, 9.17) is 0 Å². The molecule has 0 amide bonds. The number of nitrogens with zero attached hydrogens (tertiary/aromatic N) is 3. The normalized spacial score (nSPS) is 10.6. The van der Waals surface area contributed by atoms with E-state index in [9.17, 15) is 4.91 Å². The van der Waals surface area contributed by atoms with Crippen LogP contribution in [0.3, 0.4) is 0 Å². The minimum Gasteiger partial charge on any atom is -0.306 e. The maximum atomic E-state index is 10.3. The second-order valence-electron chi connectivity index (χ2n) is 3.75. The van der Waals surface area contributed by atoms with Crippen LogP contribution >= 0.6 is 0 Å². The summed E-state index contributed by atoms with van der Waals surface area (Å²) in [4.78, 5) is 14.5. The van der Waals surface area contributed by atoms with E-state index in [0.717, 1.165) is 16.8 Å². The van der Waals surface area contributed by atoms with Crippen LogP contribution in [0.1, 0.15) is 0 Å². The minimum atomic E-state index is 0.442. The van der Waals surface area contributed by atoms with Crippen molar-refractivity contribution < 1.29 is 0 Å². The first-order valence-electron chi connectivity index (χ1n) is 5.23. The Hall–Kier alpha value is -2.49. The third-order valence-corrected chi connectivity index (χ3v) is 2.69. The second kappa shape index (κ2) is 3.83. The lowest BCUT2D eigenvalue weighted by Gasteiger charge is -2.02. The van der Waals surface area contributed by atoms with Gasteiger partial charge in [0.15, 0.2) is 0 Å². The molecular formula is C13H9N3O. The highest BCUT2D eigenvalue weighted by molar-refractivity contribution is 5.66. The van der Waals surface area contributed by atoms with Crippen molar-refractivity contribution >= 4 is 11.3 Å². The summed E-state index contributed by atoms with van der Waals surface area (Å²) < 4.78 is 1.96. The Morgan fingerprint density at radius 1 is 1.00 bits per heavy atom. The van der Waals surface area contributed by atoms with Crippen LogP contribution in [0, 0.1) is 4.91 Å². The van der Waals surface area contributed by atoms with E-state index in [1.165, 1.54) is 0 Å². The lowest BCUT2D eigenvalue weighted by Crippen LogP contribution is -1.85. The number of pyridine rings is 1. The first-order chi connectivity index (χ1) is 8.36. The molecule has 0 atom stereocenters. The van der Waals surface area contributed by atoms with Crippen molar-refractivity contribution in [3.05, 3.63) is 59.9 Å². The summed E-state index contributed by atoms with van der Waals surface area (Å²) in [6, 6.07) is 11.2. The molecule has 0 fully saturated rings. The fourth-order valence-corrected chi connectivity index (χ4v) is 1.81. The molecule has 82 valence electrons. The second-order valence-corrected chi connectivity index (χ2v) is 3.75. The van der Waals surface area contributed by atoms with Crippen LogP contribution in [0.5, 0.6) is 0 Å². The summed E-state index contributed by atoms with van der Waals surface area (Å²) in [5.41, 5.74) is 3.48. The molecule has 0 saturated carbocycles. The number of imidazole rings is 1. The van der Waals surface area contributed by atoms with Gasteiger partial charge in [0.2, 0.25) is 0 Å². The molecule has 0 bridgehead atoms. The number of fused-ring (bicyclic) bond motifs is 1. The summed E-state index contributed by atoms with van der Waals surface area (Å²) >= 11 is 0. The van der Waals surface area contributed by atoms with Crippen LogP contribution in [-0.2, 0) is 0 Å². The molecule has 17 heavy (non-hydrogen) atoms. The Morgan fingerprint density at radius 3 is 2.53 bits per heavy atom. The van der Waals surface area contributed by atoms with Crippen molar-refractivity contribution in [1.82, 2.24) is 9.38 Å². The SMILES string of the molecule is O=Nc1ccc(-c2ccc3nccn3c2)cc1. The van der Waals surface area contributed by atoms with E-state index in [0.29, 0.717) is 5.69 Å². The van der Waals surface area contributed by atoms with Crippen molar-refractivity contribution in [3.63, 3.8) is 0 Å². The highest BCUT2D eigenvalue weighted by Crippen LogP contribution is 2.22. The molecule has 0 aliphatic rings. The van der Waals surface area contributed by atoms with Gasteiger partial charge in [-0.1, -0.05) is 12.1 Å². The first kappa shape index (κ1) is 9.72. The van der Waals surface area contributed by atoms with Gasteiger partial charge in [-0.25, -0.2) is 4.98 Å². The topological polar surface area (TPSA) is 46.7 Å². The Morgan fingerprint density at radius 2 is 1.76 bits per heavy atom. The van der Waals surface area contributed by atoms with Crippen molar-refractivity contribution in [2.45, 2.75) is 0 Å². The van der Waals surface area contributed by atoms with Gasteiger partial charge in [-0.2, -0.15) is 0 Å². The number of aromatic nitrogens is 2. The number of hydrogen-bond donors (Lipinski definition) is 0. The van der Waals surface area contributed by atoms with Crippen molar-refractivity contribution in [3.8, 4) is 11.1 Å². The van der Waals surface area contributed by atoms with E-state index in [1.807, 2.05) is 41.1 Å². The fourth-order valence-electron chi connectivity index (χ4n) is 1.81. The van der Waals surface area contributed by atoms with Gasteiger partial charge in [0.05, 0.1) is 0 Å². The van der Waals surface area contributed by atoms with Gasteiger partial charge in [0, 0.05) is 18.6 Å². The highest BCUT2D eigenvalue weighted by Gasteiger charge is 2.00. The molecular weight excluding hydrogens is 214 g/mol. The van der Waals surface area contributed by atoms with E-state index in [2.05, 4.69) is 10.2 Å². The summed E-state index contributed by atoms with van der Waals surface area (Å²) in [5.74, 6) is 0. The molecule has 0 unspecified atom stereocenters. The van der Waals surface area contributed by atoms with Crippen LogP contribution in [-0.4, -0.2) is 9.38 Å². The van der Waals surface area contributed by atoms with Crippen molar-refractivity contribution in [1.29, 1.82) is 0 Å². The molecule has 0 spiro atoms. The summed E-state index contributed by atoms with van der Waals surface area (Å²) in [7, 11) is 0. The molecule has 1 aromatic carbocycles. The minimum absolute atomic E-state index is 0.442. The van der Waals surface area contributed by atoms with E-state index >= 15 is 0 Å². The van der Waals surface area contributed by atoms with Gasteiger partial charge in [0.25, 0.3) is 0 Å². The fraction of sp³-hybridized carbons (Fsp3) is 0. The zero-order chi connectivity index (χ0) is 11.7. The predicted molar refractivity (Wildman–Crippen MR) is 66.1 cm³/mol. The number of benzene rings is 1. The third-order valence-electron chi connectivity index (χ3n) is 2.69. The van der Waals surface area contributed by atoms with Gasteiger partial charge in [-0.15, -0.1) is 4.91 Å². The van der Waals surface area contributed by atoms with Crippen LogP contribution in [0.4, 0.5) is 5.69 Å². The Bertz CT molecular complexity index is 670. The van der Waals surface area contributed by atoms with E-state index in [1.54, 1.807) is 18.3 Å². The highest BCUT2D eigenvalue weighted by atomic mass is 16.3. The molecule has 3 rings (SSSR count). The summed E-state index contributed by atoms with van der Waals surface area (Å²) in [5, 5.41) is 2.88. The largest absolute Gasteiger partial charge is 0.306 e. The van der Waals surface area contributed by atoms with Crippen LogP contribution in [0.15, 0.2) is 60.2 Å². The smallest absolute Gasteiger partial charge is 0.136 e. The number of nitroso groups, excluding NO2 is 1. The monoisotopic (exact) mass is 223 g/mol. The number of rotatable bonds is 2. The lowest BCUT2D eigenvalue weighted by atomic mass is 10.1.